The Morgan fingerprint density at radius 2 is 0.821 bits per heavy atom. The molecular formula is C26H17BrMg. The van der Waals surface area contributed by atoms with Gasteiger partial charge < -0.3 is 17.0 Å². The minimum atomic E-state index is 0. The van der Waals surface area contributed by atoms with Gasteiger partial charge in [0.1, 0.15) is 0 Å². The van der Waals surface area contributed by atoms with Gasteiger partial charge >= 0.3 is 23.1 Å². The topological polar surface area (TPSA) is 0 Å². The van der Waals surface area contributed by atoms with E-state index in [4.69, 9.17) is 0 Å². The predicted molar refractivity (Wildman–Crippen MR) is 117 cm³/mol. The van der Waals surface area contributed by atoms with E-state index in [0.29, 0.717) is 0 Å². The second-order valence-electron chi connectivity index (χ2n) is 6.53. The van der Waals surface area contributed by atoms with E-state index < -0.39 is 0 Å². The maximum Gasteiger partial charge on any atom is 2.00 e. The average Bonchev–Trinajstić information content (AvgIpc) is 2.73. The molecule has 0 N–H and O–H groups in total. The van der Waals surface area contributed by atoms with Gasteiger partial charge in [-0.2, -0.15) is 0 Å². The van der Waals surface area contributed by atoms with E-state index in [1.165, 1.54) is 32.7 Å². The largest absolute Gasteiger partial charge is 2.00 e. The molecule has 0 saturated carbocycles. The standard InChI is InChI=1S/C26H17.BrH.Mg/c1-3-14-23-19(8-1)10-6-16-25(23)21-12-5-13-22(18-21)26-17-7-11-20-9-2-4-15-24(20)26;;/h1-17H;1H;/q-1;;+2/p-1. The molecule has 0 bridgehead atoms. The van der Waals surface area contributed by atoms with Crippen molar-refractivity contribution in [2.24, 2.45) is 0 Å². The molecule has 5 aromatic rings. The molecule has 0 heterocycles. The first-order chi connectivity index (χ1) is 12.9. The molecule has 0 aliphatic rings. The summed E-state index contributed by atoms with van der Waals surface area (Å²) in [6, 6.07) is 40.1. The van der Waals surface area contributed by atoms with E-state index in [9.17, 15) is 0 Å². The van der Waals surface area contributed by atoms with Crippen LogP contribution in [0.1, 0.15) is 0 Å². The second kappa shape index (κ2) is 8.91. The Morgan fingerprint density at radius 3 is 1.32 bits per heavy atom. The van der Waals surface area contributed by atoms with Gasteiger partial charge in [-0.05, 0) is 21.5 Å². The summed E-state index contributed by atoms with van der Waals surface area (Å²) in [6.45, 7) is 0. The molecule has 0 unspecified atom stereocenters. The van der Waals surface area contributed by atoms with Gasteiger partial charge in [-0.1, -0.05) is 96.1 Å². The average molecular weight is 434 g/mol. The van der Waals surface area contributed by atoms with Crippen LogP contribution in [0.3, 0.4) is 0 Å². The normalized spacial score (nSPS) is 10.3. The van der Waals surface area contributed by atoms with E-state index in [1.54, 1.807) is 0 Å². The molecule has 0 aromatic heterocycles. The molecule has 0 amide bonds. The molecule has 130 valence electrons. The van der Waals surface area contributed by atoms with Gasteiger partial charge in [0.05, 0.1) is 0 Å². The molecule has 5 aromatic carbocycles. The number of hydrogen-bond acceptors (Lipinski definition) is 0. The Labute approximate surface area is 192 Å². The summed E-state index contributed by atoms with van der Waals surface area (Å²) in [6.07, 6.45) is 0. The Bertz CT molecular complexity index is 1140. The van der Waals surface area contributed by atoms with Crippen molar-refractivity contribution in [1.29, 1.82) is 0 Å². The fourth-order valence-corrected chi connectivity index (χ4v) is 3.70. The molecular weight excluding hydrogens is 416 g/mol. The molecule has 0 atom stereocenters. The molecule has 2 heteroatoms. The quantitative estimate of drug-likeness (QED) is 0.294. The molecule has 0 saturated heterocycles. The van der Waals surface area contributed by atoms with Gasteiger partial charge in [0.25, 0.3) is 0 Å². The number of hydrogen-bond donors (Lipinski definition) is 0. The zero-order valence-electron chi connectivity index (χ0n) is 15.4. The van der Waals surface area contributed by atoms with Crippen LogP contribution in [-0.4, -0.2) is 23.1 Å². The minimum absolute atomic E-state index is 0. The summed E-state index contributed by atoms with van der Waals surface area (Å²) in [5.41, 5.74) is 4.72. The van der Waals surface area contributed by atoms with E-state index in [1.807, 2.05) is 0 Å². The van der Waals surface area contributed by atoms with Crippen LogP contribution in [-0.2, 0) is 0 Å². The van der Waals surface area contributed by atoms with E-state index in [0.717, 1.165) is 11.1 Å². The molecule has 28 heavy (non-hydrogen) atoms. The van der Waals surface area contributed by atoms with Crippen molar-refractivity contribution in [2.75, 3.05) is 0 Å². The summed E-state index contributed by atoms with van der Waals surface area (Å²) < 4.78 is 0. The van der Waals surface area contributed by atoms with Crippen LogP contribution < -0.4 is 17.0 Å². The fraction of sp³-hybridized carbons (Fsp3) is 0. The van der Waals surface area contributed by atoms with Gasteiger partial charge in [0.15, 0.2) is 0 Å². The van der Waals surface area contributed by atoms with Crippen LogP contribution in [0.2, 0.25) is 0 Å². The smallest absolute Gasteiger partial charge is 1.00 e. The van der Waals surface area contributed by atoms with Gasteiger partial charge in [0, 0.05) is 0 Å². The molecule has 0 radical (unpaired) electrons. The number of fused-ring (bicyclic) bond motifs is 2. The third-order valence-electron chi connectivity index (χ3n) is 4.95. The van der Waals surface area contributed by atoms with Crippen LogP contribution in [0.4, 0.5) is 0 Å². The van der Waals surface area contributed by atoms with Gasteiger partial charge in [-0.15, -0.1) is 35.4 Å². The SMILES string of the molecule is [Br-].[Mg+2].[c-]1c(-c2cccc3ccccc23)cccc1-c1cccc2ccccc12. The summed E-state index contributed by atoms with van der Waals surface area (Å²) >= 11 is 0. The van der Waals surface area contributed by atoms with Gasteiger partial charge in [-0.3, -0.25) is 0 Å². The predicted octanol–water partition coefficient (Wildman–Crippen LogP) is 3.75. The maximum atomic E-state index is 3.66. The molecule has 5 rings (SSSR count). The van der Waals surface area contributed by atoms with Crippen LogP contribution in [0.5, 0.6) is 0 Å². The second-order valence-corrected chi connectivity index (χ2v) is 6.53. The van der Waals surface area contributed by atoms with Gasteiger partial charge in [-0.25, -0.2) is 0 Å². The van der Waals surface area contributed by atoms with Crippen molar-refractivity contribution in [3.63, 3.8) is 0 Å². The number of halogens is 1. The van der Waals surface area contributed by atoms with Crippen LogP contribution in [0.25, 0.3) is 43.8 Å². The van der Waals surface area contributed by atoms with Crippen molar-refractivity contribution < 1.29 is 17.0 Å². The van der Waals surface area contributed by atoms with Crippen LogP contribution in [0.15, 0.2) is 103 Å². The Hall–Kier alpha value is -2.13. The molecule has 0 aliphatic carbocycles. The van der Waals surface area contributed by atoms with Crippen molar-refractivity contribution in [3.05, 3.63) is 109 Å². The summed E-state index contributed by atoms with van der Waals surface area (Å²) in [4.78, 5) is 0. The molecule has 0 fully saturated rings. The van der Waals surface area contributed by atoms with E-state index in [2.05, 4.69) is 109 Å². The van der Waals surface area contributed by atoms with Crippen molar-refractivity contribution in [3.8, 4) is 22.3 Å². The number of benzene rings is 5. The zero-order chi connectivity index (χ0) is 17.3. The minimum Gasteiger partial charge on any atom is -1.00 e. The molecule has 0 spiro atoms. The first-order valence-electron chi connectivity index (χ1n) is 8.89. The van der Waals surface area contributed by atoms with Gasteiger partial charge in [0.2, 0.25) is 0 Å². The zero-order valence-corrected chi connectivity index (χ0v) is 18.4. The first kappa shape index (κ1) is 20.6. The summed E-state index contributed by atoms with van der Waals surface area (Å²) in [5, 5.41) is 5.05. The summed E-state index contributed by atoms with van der Waals surface area (Å²) in [7, 11) is 0. The Kier molecular flexibility index (Phi) is 6.56. The van der Waals surface area contributed by atoms with Crippen molar-refractivity contribution >= 4 is 44.6 Å². The third-order valence-corrected chi connectivity index (χ3v) is 4.95. The first-order valence-corrected chi connectivity index (χ1v) is 8.89. The van der Waals surface area contributed by atoms with E-state index in [-0.39, 0.29) is 40.0 Å². The van der Waals surface area contributed by atoms with E-state index >= 15 is 0 Å². The monoisotopic (exact) mass is 432 g/mol. The van der Waals surface area contributed by atoms with Crippen LogP contribution >= 0.6 is 0 Å². The summed E-state index contributed by atoms with van der Waals surface area (Å²) in [5.74, 6) is 0. The molecule has 0 aliphatic heterocycles. The Morgan fingerprint density at radius 1 is 0.429 bits per heavy atom. The Balaban J connectivity index is 0.00000112. The molecule has 0 nitrogen and oxygen atoms in total. The third kappa shape index (κ3) is 3.73. The maximum absolute atomic E-state index is 3.66. The number of rotatable bonds is 2. The van der Waals surface area contributed by atoms with Crippen LogP contribution in [0, 0.1) is 6.07 Å². The van der Waals surface area contributed by atoms with Crippen molar-refractivity contribution in [1.82, 2.24) is 0 Å². The van der Waals surface area contributed by atoms with Crippen molar-refractivity contribution in [2.45, 2.75) is 0 Å². The fourth-order valence-electron chi connectivity index (χ4n) is 3.70.